The van der Waals surface area contributed by atoms with Crippen LogP contribution in [-0.2, 0) is 0 Å². The second-order valence-electron chi connectivity index (χ2n) is 7.54. The number of rotatable bonds is 3. The topological polar surface area (TPSA) is 74.7 Å². The Labute approximate surface area is 160 Å². The van der Waals surface area contributed by atoms with Crippen molar-refractivity contribution in [3.8, 4) is 5.75 Å². The standard InChI is InChI=1S/C20H28N6O/c1-13-6-4-5-7-18(13)26-11-21-19(22-12-26)25-20-23-14(2)16-10-15(27-3)8-9-17(16)24-20/h8-10,13,18H,4-7,11-12H2,1-3H3,(H2,21,22,23,24,25)/t13-,18-/m0/s1. The van der Waals surface area contributed by atoms with Crippen molar-refractivity contribution in [3.63, 3.8) is 0 Å². The maximum absolute atomic E-state index is 5.29. The molecule has 1 aliphatic heterocycles. The van der Waals surface area contributed by atoms with Gasteiger partial charge >= 0.3 is 0 Å². The molecule has 0 radical (unpaired) electrons. The van der Waals surface area contributed by atoms with Crippen LogP contribution in [0.15, 0.2) is 23.2 Å². The number of methoxy groups -OCH3 is 1. The number of nitrogens with one attached hydrogen (secondary N) is 2. The highest BCUT2D eigenvalue weighted by Gasteiger charge is 2.28. The Morgan fingerprint density at radius 1 is 1.22 bits per heavy atom. The van der Waals surface area contributed by atoms with Crippen LogP contribution < -0.4 is 15.4 Å². The fourth-order valence-electron chi connectivity index (χ4n) is 4.14. The summed E-state index contributed by atoms with van der Waals surface area (Å²) in [5.41, 5.74) is 1.80. The highest BCUT2D eigenvalue weighted by Crippen LogP contribution is 2.28. The van der Waals surface area contributed by atoms with Gasteiger partial charge in [-0.3, -0.25) is 10.2 Å². The molecule has 0 bridgehead atoms. The van der Waals surface area contributed by atoms with Crippen LogP contribution in [0.1, 0.15) is 38.3 Å². The van der Waals surface area contributed by atoms with E-state index in [0.717, 1.165) is 40.9 Å². The van der Waals surface area contributed by atoms with Crippen molar-refractivity contribution in [2.45, 2.75) is 45.6 Å². The Balaban J connectivity index is 1.46. The number of aromatic nitrogens is 2. The molecule has 2 atom stereocenters. The molecule has 0 saturated heterocycles. The molecule has 1 aromatic carbocycles. The number of fused-ring (bicyclic) bond motifs is 1. The summed E-state index contributed by atoms with van der Waals surface area (Å²) in [6.07, 6.45) is 5.29. The lowest BCUT2D eigenvalue weighted by molar-refractivity contribution is 0.107. The SMILES string of the molecule is COc1ccc2nc(NC3=NCN([C@H]4CCCC[C@@H]4C)CN3)nc(C)c2c1. The number of nitrogens with zero attached hydrogens (tertiary/aromatic N) is 4. The second kappa shape index (κ2) is 7.68. The molecule has 7 heteroatoms. The Hall–Kier alpha value is -2.41. The first-order valence-electron chi connectivity index (χ1n) is 9.76. The molecule has 0 amide bonds. The first-order chi connectivity index (χ1) is 13.1. The van der Waals surface area contributed by atoms with Gasteiger partial charge < -0.3 is 10.1 Å². The molecular weight excluding hydrogens is 340 g/mol. The van der Waals surface area contributed by atoms with Gasteiger partial charge in [0.25, 0.3) is 0 Å². The van der Waals surface area contributed by atoms with Gasteiger partial charge in [0.15, 0.2) is 0 Å². The minimum absolute atomic E-state index is 0.566. The van der Waals surface area contributed by atoms with Gasteiger partial charge in [-0.2, -0.15) is 0 Å². The van der Waals surface area contributed by atoms with E-state index in [1.165, 1.54) is 25.7 Å². The van der Waals surface area contributed by atoms with Gasteiger partial charge in [0, 0.05) is 11.4 Å². The van der Waals surface area contributed by atoms with E-state index in [4.69, 9.17) is 4.74 Å². The molecule has 2 N–H and O–H groups in total. The summed E-state index contributed by atoms with van der Waals surface area (Å²) < 4.78 is 5.29. The zero-order chi connectivity index (χ0) is 18.8. The summed E-state index contributed by atoms with van der Waals surface area (Å²) in [5.74, 6) is 2.86. The van der Waals surface area contributed by atoms with E-state index >= 15 is 0 Å². The minimum Gasteiger partial charge on any atom is -0.497 e. The highest BCUT2D eigenvalue weighted by molar-refractivity contribution is 5.93. The number of benzene rings is 1. The van der Waals surface area contributed by atoms with Gasteiger partial charge in [-0.15, -0.1) is 0 Å². The minimum atomic E-state index is 0.566. The van der Waals surface area contributed by atoms with Crippen LogP contribution in [0.4, 0.5) is 5.95 Å². The van der Waals surface area contributed by atoms with Crippen molar-refractivity contribution in [3.05, 3.63) is 23.9 Å². The van der Waals surface area contributed by atoms with Crippen molar-refractivity contribution in [2.24, 2.45) is 10.9 Å². The summed E-state index contributed by atoms with van der Waals surface area (Å²) >= 11 is 0. The van der Waals surface area contributed by atoms with Crippen molar-refractivity contribution in [1.29, 1.82) is 0 Å². The van der Waals surface area contributed by atoms with Crippen molar-refractivity contribution < 1.29 is 4.74 Å². The summed E-state index contributed by atoms with van der Waals surface area (Å²) in [4.78, 5) is 16.3. The van der Waals surface area contributed by atoms with Crippen LogP contribution >= 0.6 is 0 Å². The zero-order valence-electron chi connectivity index (χ0n) is 16.3. The predicted molar refractivity (Wildman–Crippen MR) is 108 cm³/mol. The summed E-state index contributed by atoms with van der Waals surface area (Å²) in [7, 11) is 1.66. The van der Waals surface area contributed by atoms with Crippen molar-refractivity contribution in [2.75, 3.05) is 25.8 Å². The third kappa shape index (κ3) is 3.83. The third-order valence-corrected chi connectivity index (χ3v) is 5.72. The van der Waals surface area contributed by atoms with Crippen LogP contribution in [0.25, 0.3) is 10.9 Å². The van der Waals surface area contributed by atoms with Crippen LogP contribution in [-0.4, -0.2) is 47.3 Å². The van der Waals surface area contributed by atoms with Gasteiger partial charge in [-0.05, 0) is 43.9 Å². The molecular formula is C20H28N6O. The summed E-state index contributed by atoms with van der Waals surface area (Å²) in [6.45, 7) is 5.87. The first kappa shape index (κ1) is 18.0. The number of aryl methyl sites for hydroxylation is 1. The lowest BCUT2D eigenvalue weighted by Gasteiger charge is -2.39. The fourth-order valence-corrected chi connectivity index (χ4v) is 4.14. The molecule has 2 heterocycles. The van der Waals surface area contributed by atoms with E-state index in [9.17, 15) is 0 Å². The largest absolute Gasteiger partial charge is 0.497 e. The van der Waals surface area contributed by atoms with Gasteiger partial charge in [0.2, 0.25) is 11.9 Å². The maximum Gasteiger partial charge on any atom is 0.230 e. The van der Waals surface area contributed by atoms with Crippen LogP contribution in [0.2, 0.25) is 0 Å². The van der Waals surface area contributed by atoms with Crippen molar-refractivity contribution in [1.82, 2.24) is 20.2 Å². The van der Waals surface area contributed by atoms with E-state index in [0.29, 0.717) is 18.7 Å². The average molecular weight is 368 g/mol. The number of hydrogen-bond donors (Lipinski definition) is 2. The number of ether oxygens (including phenoxy) is 1. The maximum atomic E-state index is 5.29. The van der Waals surface area contributed by atoms with Gasteiger partial charge in [-0.25, -0.2) is 15.0 Å². The second-order valence-corrected chi connectivity index (χ2v) is 7.54. The van der Waals surface area contributed by atoms with Gasteiger partial charge in [-0.1, -0.05) is 19.8 Å². The third-order valence-electron chi connectivity index (χ3n) is 5.72. The highest BCUT2D eigenvalue weighted by atomic mass is 16.5. The molecule has 1 saturated carbocycles. The molecule has 144 valence electrons. The van der Waals surface area contributed by atoms with E-state index < -0.39 is 0 Å². The van der Waals surface area contributed by atoms with E-state index in [2.05, 4.69) is 37.4 Å². The van der Waals surface area contributed by atoms with E-state index in [1.54, 1.807) is 7.11 Å². The zero-order valence-corrected chi connectivity index (χ0v) is 16.3. The molecule has 2 aliphatic rings. The Morgan fingerprint density at radius 3 is 2.81 bits per heavy atom. The monoisotopic (exact) mass is 368 g/mol. The molecule has 1 fully saturated rings. The van der Waals surface area contributed by atoms with Crippen LogP contribution in [0.5, 0.6) is 5.75 Å². The molecule has 0 unspecified atom stereocenters. The molecule has 0 spiro atoms. The summed E-state index contributed by atoms with van der Waals surface area (Å²) in [6, 6.07) is 6.47. The van der Waals surface area contributed by atoms with Crippen molar-refractivity contribution >= 4 is 22.8 Å². The molecule has 1 aliphatic carbocycles. The number of hydrogen-bond acceptors (Lipinski definition) is 7. The Bertz CT molecular complexity index is 852. The smallest absolute Gasteiger partial charge is 0.230 e. The fraction of sp³-hybridized carbons (Fsp3) is 0.550. The van der Waals surface area contributed by atoms with E-state index in [-0.39, 0.29) is 0 Å². The van der Waals surface area contributed by atoms with Gasteiger partial charge in [0.05, 0.1) is 31.7 Å². The van der Waals surface area contributed by atoms with Crippen LogP contribution in [0.3, 0.4) is 0 Å². The summed E-state index contributed by atoms with van der Waals surface area (Å²) in [5, 5.41) is 7.62. The predicted octanol–water partition coefficient (Wildman–Crippen LogP) is 3.11. The number of aliphatic imine (C=N–C) groups is 1. The number of anilines is 1. The lowest BCUT2D eigenvalue weighted by Crippen LogP contribution is -2.52. The van der Waals surface area contributed by atoms with E-state index in [1.807, 2.05) is 25.1 Å². The molecule has 7 nitrogen and oxygen atoms in total. The number of guanidine groups is 1. The quantitative estimate of drug-likeness (QED) is 0.867. The molecule has 2 aromatic rings. The molecule has 4 rings (SSSR count). The Morgan fingerprint density at radius 2 is 2.07 bits per heavy atom. The first-order valence-corrected chi connectivity index (χ1v) is 9.76. The Kier molecular flexibility index (Phi) is 5.11. The van der Waals surface area contributed by atoms with Crippen LogP contribution in [0, 0.1) is 12.8 Å². The molecule has 1 aromatic heterocycles. The normalized spacial score (nSPS) is 23.6. The average Bonchev–Trinajstić information content (AvgIpc) is 2.69. The lowest BCUT2D eigenvalue weighted by atomic mass is 9.85. The molecule has 27 heavy (non-hydrogen) atoms. The van der Waals surface area contributed by atoms with Gasteiger partial charge in [0.1, 0.15) is 5.75 Å².